The molecule has 1 aromatic carbocycles. The number of benzene rings is 1. The number of amides is 1. The number of carbonyl (C=O) groups excluding carboxylic acids is 1. The van der Waals surface area contributed by atoms with Gasteiger partial charge in [0.25, 0.3) is 5.91 Å². The summed E-state index contributed by atoms with van der Waals surface area (Å²) < 4.78 is 58.4. The minimum atomic E-state index is -4.38. The second-order valence-electron chi connectivity index (χ2n) is 3.81. The molecular formula is C10H10BrF3N2O3S. The van der Waals surface area contributed by atoms with Crippen molar-refractivity contribution in [2.45, 2.75) is 17.5 Å². The summed E-state index contributed by atoms with van der Waals surface area (Å²) in [5, 5.41) is 6.96. The molecule has 20 heavy (non-hydrogen) atoms. The van der Waals surface area contributed by atoms with Crippen molar-refractivity contribution in [3.8, 4) is 0 Å². The standard InChI is InChI=1S/C10H10BrF3N2O3S/c11-8-2-1-6(20(15,18)19)5-7(8)9(17)16-4-3-10(12,13)14/h1-2,5H,3-4H2,(H,16,17)(H2,15,18,19). The highest BCUT2D eigenvalue weighted by Gasteiger charge is 2.26. The summed E-state index contributed by atoms with van der Waals surface area (Å²) in [6, 6.07) is 3.44. The maximum atomic E-state index is 12.0. The Balaban J connectivity index is 2.88. The zero-order valence-corrected chi connectivity index (χ0v) is 12.3. The van der Waals surface area contributed by atoms with Crippen molar-refractivity contribution in [1.82, 2.24) is 5.32 Å². The van der Waals surface area contributed by atoms with E-state index >= 15 is 0 Å². The smallest absolute Gasteiger partial charge is 0.352 e. The van der Waals surface area contributed by atoms with E-state index in [9.17, 15) is 26.4 Å². The van der Waals surface area contributed by atoms with E-state index in [1.54, 1.807) is 0 Å². The zero-order valence-electron chi connectivity index (χ0n) is 9.87. The lowest BCUT2D eigenvalue weighted by Crippen LogP contribution is -2.28. The van der Waals surface area contributed by atoms with Crippen LogP contribution in [0.25, 0.3) is 0 Å². The molecule has 0 heterocycles. The monoisotopic (exact) mass is 374 g/mol. The number of carbonyl (C=O) groups is 1. The van der Waals surface area contributed by atoms with Crippen molar-refractivity contribution in [1.29, 1.82) is 0 Å². The molecule has 0 atom stereocenters. The van der Waals surface area contributed by atoms with E-state index in [1.165, 1.54) is 12.1 Å². The fraction of sp³-hybridized carbons (Fsp3) is 0.300. The lowest BCUT2D eigenvalue weighted by atomic mass is 10.2. The third kappa shape index (κ3) is 5.10. The number of hydrogen-bond donors (Lipinski definition) is 2. The van der Waals surface area contributed by atoms with Crippen molar-refractivity contribution in [2.24, 2.45) is 5.14 Å². The number of alkyl halides is 3. The molecule has 0 aliphatic rings. The Hall–Kier alpha value is -1.13. The molecule has 1 aromatic rings. The molecule has 0 fully saturated rings. The number of nitrogens with two attached hydrogens (primary N) is 1. The van der Waals surface area contributed by atoms with E-state index in [2.05, 4.69) is 21.2 Å². The van der Waals surface area contributed by atoms with E-state index in [0.29, 0.717) is 0 Å². The first-order valence-electron chi connectivity index (χ1n) is 5.18. The van der Waals surface area contributed by atoms with E-state index in [0.717, 1.165) is 6.07 Å². The average molecular weight is 375 g/mol. The van der Waals surface area contributed by atoms with Gasteiger partial charge in [-0.3, -0.25) is 4.79 Å². The SMILES string of the molecule is NS(=O)(=O)c1ccc(Br)c(C(=O)NCCC(F)(F)F)c1. The number of primary sulfonamides is 1. The van der Waals surface area contributed by atoms with Crippen LogP contribution in [0.15, 0.2) is 27.6 Å². The van der Waals surface area contributed by atoms with Gasteiger partial charge in [0.15, 0.2) is 0 Å². The molecule has 0 radical (unpaired) electrons. The second kappa shape index (κ2) is 6.10. The molecule has 0 spiro atoms. The van der Waals surface area contributed by atoms with Crippen LogP contribution < -0.4 is 10.5 Å². The highest BCUT2D eigenvalue weighted by atomic mass is 79.9. The average Bonchev–Trinajstić information content (AvgIpc) is 2.25. The van der Waals surface area contributed by atoms with Crippen LogP contribution in [-0.2, 0) is 10.0 Å². The number of nitrogens with one attached hydrogen (secondary N) is 1. The third-order valence-corrected chi connectivity index (χ3v) is 3.81. The molecule has 0 saturated carbocycles. The summed E-state index contributed by atoms with van der Waals surface area (Å²) in [5.74, 6) is -0.827. The number of hydrogen-bond acceptors (Lipinski definition) is 3. The van der Waals surface area contributed by atoms with Gasteiger partial charge in [0.05, 0.1) is 16.9 Å². The first-order valence-corrected chi connectivity index (χ1v) is 7.52. The van der Waals surface area contributed by atoms with Gasteiger partial charge < -0.3 is 5.32 Å². The van der Waals surface area contributed by atoms with Gasteiger partial charge in [-0.15, -0.1) is 0 Å². The van der Waals surface area contributed by atoms with Crippen LogP contribution in [-0.4, -0.2) is 27.0 Å². The van der Waals surface area contributed by atoms with Gasteiger partial charge in [-0.25, -0.2) is 13.6 Å². The molecule has 5 nitrogen and oxygen atoms in total. The van der Waals surface area contributed by atoms with Crippen LogP contribution in [0.3, 0.4) is 0 Å². The molecule has 0 bridgehead atoms. The number of rotatable bonds is 4. The maximum absolute atomic E-state index is 12.0. The van der Waals surface area contributed by atoms with E-state index in [-0.39, 0.29) is 14.9 Å². The van der Waals surface area contributed by atoms with E-state index < -0.39 is 35.1 Å². The molecule has 1 amide bonds. The van der Waals surface area contributed by atoms with Gasteiger partial charge >= 0.3 is 6.18 Å². The van der Waals surface area contributed by atoms with Crippen LogP contribution in [0.4, 0.5) is 13.2 Å². The molecule has 1 rings (SSSR count). The molecule has 0 aliphatic heterocycles. The van der Waals surface area contributed by atoms with Gasteiger partial charge in [0.2, 0.25) is 10.0 Å². The fourth-order valence-electron chi connectivity index (χ4n) is 1.27. The second-order valence-corrected chi connectivity index (χ2v) is 6.22. The predicted molar refractivity (Wildman–Crippen MR) is 68.5 cm³/mol. The van der Waals surface area contributed by atoms with Gasteiger partial charge in [-0.2, -0.15) is 13.2 Å². The number of halogens is 4. The van der Waals surface area contributed by atoms with Crippen LogP contribution in [0.5, 0.6) is 0 Å². The highest BCUT2D eigenvalue weighted by Crippen LogP contribution is 2.21. The normalized spacial score (nSPS) is 12.2. The van der Waals surface area contributed by atoms with Crippen LogP contribution in [0, 0.1) is 0 Å². The zero-order chi connectivity index (χ0) is 15.6. The van der Waals surface area contributed by atoms with Crippen LogP contribution in [0.1, 0.15) is 16.8 Å². The molecule has 3 N–H and O–H groups in total. The van der Waals surface area contributed by atoms with Crippen molar-refractivity contribution in [2.75, 3.05) is 6.54 Å². The van der Waals surface area contributed by atoms with Gasteiger partial charge in [0, 0.05) is 11.0 Å². The first kappa shape index (κ1) is 16.9. The lowest BCUT2D eigenvalue weighted by Gasteiger charge is -2.09. The van der Waals surface area contributed by atoms with Crippen molar-refractivity contribution >= 4 is 31.9 Å². The predicted octanol–water partition coefficient (Wildman–Crippen LogP) is 1.78. The third-order valence-electron chi connectivity index (χ3n) is 2.21. The summed E-state index contributed by atoms with van der Waals surface area (Å²) in [5.41, 5.74) is -0.112. The summed E-state index contributed by atoms with van der Waals surface area (Å²) >= 11 is 3.01. The van der Waals surface area contributed by atoms with Crippen molar-refractivity contribution < 1.29 is 26.4 Å². The molecule has 10 heteroatoms. The molecule has 0 aromatic heterocycles. The summed E-state index contributed by atoms with van der Waals surface area (Å²) in [6.07, 6.45) is -5.56. The number of sulfonamides is 1. The molecule has 0 unspecified atom stereocenters. The van der Waals surface area contributed by atoms with Gasteiger partial charge in [0.1, 0.15) is 0 Å². The molecule has 112 valence electrons. The Morgan fingerprint density at radius 1 is 1.35 bits per heavy atom. The minimum Gasteiger partial charge on any atom is -0.352 e. The molecule has 0 aliphatic carbocycles. The van der Waals surface area contributed by atoms with Gasteiger partial charge in [-0.1, -0.05) is 0 Å². The van der Waals surface area contributed by atoms with Crippen molar-refractivity contribution in [3.05, 3.63) is 28.2 Å². The summed E-state index contributed by atoms with van der Waals surface area (Å²) in [7, 11) is -4.00. The maximum Gasteiger partial charge on any atom is 0.390 e. The quantitative estimate of drug-likeness (QED) is 0.841. The largest absolute Gasteiger partial charge is 0.390 e. The Kier molecular flexibility index (Phi) is 5.16. The fourth-order valence-corrected chi connectivity index (χ4v) is 2.23. The highest BCUT2D eigenvalue weighted by molar-refractivity contribution is 9.10. The Bertz CT molecular complexity index is 617. The minimum absolute atomic E-state index is 0.112. The lowest BCUT2D eigenvalue weighted by molar-refractivity contribution is -0.132. The Morgan fingerprint density at radius 2 is 1.95 bits per heavy atom. The van der Waals surface area contributed by atoms with Crippen LogP contribution in [0.2, 0.25) is 0 Å². The summed E-state index contributed by atoms with van der Waals surface area (Å²) in [6.45, 7) is -0.603. The van der Waals surface area contributed by atoms with Crippen molar-refractivity contribution in [3.63, 3.8) is 0 Å². The molecular weight excluding hydrogens is 365 g/mol. The molecule has 0 saturated heterocycles. The van der Waals surface area contributed by atoms with E-state index in [1.807, 2.05) is 0 Å². The Morgan fingerprint density at radius 3 is 2.45 bits per heavy atom. The Labute approximate surface area is 121 Å². The first-order chi connectivity index (χ1) is 9.00. The summed E-state index contributed by atoms with van der Waals surface area (Å²) in [4.78, 5) is 11.4. The van der Waals surface area contributed by atoms with E-state index in [4.69, 9.17) is 5.14 Å². The topological polar surface area (TPSA) is 89.3 Å². The van der Waals surface area contributed by atoms with Crippen LogP contribution >= 0.6 is 15.9 Å². The van der Waals surface area contributed by atoms with Gasteiger partial charge in [-0.05, 0) is 34.1 Å².